The van der Waals surface area contributed by atoms with Crippen LogP contribution in [0.4, 0.5) is 0 Å². The summed E-state index contributed by atoms with van der Waals surface area (Å²) in [7, 11) is 3.32. The monoisotopic (exact) mass is 306 g/mol. The molecule has 22 heavy (non-hydrogen) atoms. The van der Waals surface area contributed by atoms with E-state index < -0.39 is 0 Å². The maximum absolute atomic E-state index is 12.0. The van der Waals surface area contributed by atoms with Gasteiger partial charge < -0.3 is 14.8 Å². The highest BCUT2D eigenvalue weighted by atomic mass is 16.5. The van der Waals surface area contributed by atoms with Gasteiger partial charge in [-0.25, -0.2) is 0 Å². The number of amides is 1. The van der Waals surface area contributed by atoms with Gasteiger partial charge in [0.2, 0.25) is 5.91 Å². The molecule has 0 radical (unpaired) electrons. The molecule has 5 nitrogen and oxygen atoms in total. The van der Waals surface area contributed by atoms with Crippen molar-refractivity contribution >= 4 is 5.91 Å². The molecule has 1 N–H and O–H groups in total. The summed E-state index contributed by atoms with van der Waals surface area (Å²) in [5.41, 5.74) is 1.05. The Bertz CT molecular complexity index is 501. The fourth-order valence-corrected chi connectivity index (χ4v) is 2.48. The number of rotatable bonds is 9. The van der Waals surface area contributed by atoms with Crippen molar-refractivity contribution in [2.45, 2.75) is 38.8 Å². The lowest BCUT2D eigenvalue weighted by molar-refractivity contribution is -0.122. The Hall–Kier alpha value is -1.75. The highest BCUT2D eigenvalue weighted by molar-refractivity contribution is 5.78. The first-order valence-electron chi connectivity index (χ1n) is 7.89. The molecule has 122 valence electrons. The van der Waals surface area contributed by atoms with Crippen LogP contribution in [0.25, 0.3) is 0 Å². The van der Waals surface area contributed by atoms with E-state index in [1.54, 1.807) is 14.2 Å². The fraction of sp³-hybridized carbons (Fsp3) is 0.588. The Morgan fingerprint density at radius 1 is 1.32 bits per heavy atom. The van der Waals surface area contributed by atoms with Crippen LogP contribution in [0.2, 0.25) is 0 Å². The quantitative estimate of drug-likeness (QED) is 0.760. The fourth-order valence-electron chi connectivity index (χ4n) is 2.48. The van der Waals surface area contributed by atoms with Gasteiger partial charge in [0.25, 0.3) is 0 Å². The van der Waals surface area contributed by atoms with Gasteiger partial charge in [0.15, 0.2) is 0 Å². The van der Waals surface area contributed by atoms with E-state index in [2.05, 4.69) is 17.1 Å². The average Bonchev–Trinajstić information content (AvgIpc) is 3.37. The van der Waals surface area contributed by atoms with E-state index in [1.807, 2.05) is 18.2 Å². The van der Waals surface area contributed by atoms with Gasteiger partial charge in [0, 0.05) is 24.7 Å². The number of hydrogen-bond acceptors (Lipinski definition) is 4. The maximum atomic E-state index is 12.0. The summed E-state index contributed by atoms with van der Waals surface area (Å²) in [5, 5.41) is 2.95. The zero-order valence-electron chi connectivity index (χ0n) is 13.7. The Morgan fingerprint density at radius 2 is 2.09 bits per heavy atom. The summed E-state index contributed by atoms with van der Waals surface area (Å²) in [6.07, 6.45) is 3.28. The molecule has 0 aromatic heterocycles. The minimum atomic E-state index is 0.0932. The Labute approximate surface area is 132 Å². The second-order valence-electron chi connectivity index (χ2n) is 5.66. The Balaban J connectivity index is 2.05. The topological polar surface area (TPSA) is 50.8 Å². The number of methoxy groups -OCH3 is 2. The Morgan fingerprint density at radius 3 is 2.68 bits per heavy atom. The normalized spacial score (nSPS) is 14.0. The molecule has 1 aromatic carbocycles. The minimum Gasteiger partial charge on any atom is -0.497 e. The molecule has 2 rings (SSSR count). The van der Waals surface area contributed by atoms with E-state index >= 15 is 0 Å². The smallest absolute Gasteiger partial charge is 0.234 e. The number of benzene rings is 1. The maximum Gasteiger partial charge on any atom is 0.234 e. The number of carbonyl (C=O) groups is 1. The summed E-state index contributed by atoms with van der Waals surface area (Å²) in [4.78, 5) is 14.2. The van der Waals surface area contributed by atoms with E-state index in [1.165, 1.54) is 0 Å². The lowest BCUT2D eigenvalue weighted by Crippen LogP contribution is -2.38. The van der Waals surface area contributed by atoms with Crippen LogP contribution in [0.5, 0.6) is 11.5 Å². The molecule has 1 aliphatic rings. The van der Waals surface area contributed by atoms with Crippen molar-refractivity contribution in [2.24, 2.45) is 0 Å². The molecule has 0 unspecified atom stereocenters. The van der Waals surface area contributed by atoms with Crippen LogP contribution in [0, 0.1) is 0 Å². The number of carbonyl (C=O) groups excluding carboxylic acids is 1. The third-order valence-electron chi connectivity index (χ3n) is 3.84. The van der Waals surface area contributed by atoms with Gasteiger partial charge in [0.1, 0.15) is 11.5 Å². The van der Waals surface area contributed by atoms with E-state index in [-0.39, 0.29) is 5.91 Å². The average molecular weight is 306 g/mol. The third-order valence-corrected chi connectivity index (χ3v) is 3.84. The largest absolute Gasteiger partial charge is 0.497 e. The van der Waals surface area contributed by atoms with Crippen molar-refractivity contribution in [2.75, 3.05) is 27.3 Å². The molecule has 1 saturated carbocycles. The summed E-state index contributed by atoms with van der Waals surface area (Å²) < 4.78 is 10.7. The molecular formula is C17H26N2O3. The van der Waals surface area contributed by atoms with Crippen LogP contribution in [0.1, 0.15) is 31.7 Å². The van der Waals surface area contributed by atoms with Gasteiger partial charge >= 0.3 is 0 Å². The van der Waals surface area contributed by atoms with Crippen LogP contribution >= 0.6 is 0 Å². The lowest BCUT2D eigenvalue weighted by Gasteiger charge is -2.23. The van der Waals surface area contributed by atoms with Crippen molar-refractivity contribution in [3.05, 3.63) is 23.8 Å². The zero-order chi connectivity index (χ0) is 15.9. The predicted molar refractivity (Wildman–Crippen MR) is 86.3 cm³/mol. The van der Waals surface area contributed by atoms with E-state index in [0.29, 0.717) is 19.1 Å². The van der Waals surface area contributed by atoms with Gasteiger partial charge in [-0.05, 0) is 37.5 Å². The van der Waals surface area contributed by atoms with Crippen LogP contribution < -0.4 is 14.8 Å². The van der Waals surface area contributed by atoms with E-state index in [0.717, 1.165) is 42.9 Å². The molecular weight excluding hydrogens is 280 g/mol. The molecule has 0 aliphatic heterocycles. The molecule has 1 fully saturated rings. The number of nitrogens with zero attached hydrogens (tertiary/aromatic N) is 1. The number of nitrogens with one attached hydrogen (secondary N) is 1. The van der Waals surface area contributed by atoms with Gasteiger partial charge in [-0.2, -0.15) is 0 Å². The van der Waals surface area contributed by atoms with Crippen molar-refractivity contribution < 1.29 is 14.3 Å². The van der Waals surface area contributed by atoms with Crippen LogP contribution in [-0.4, -0.2) is 44.2 Å². The SMILES string of the molecule is CCCNC(=O)CN(Cc1cc(OC)ccc1OC)C1CC1. The second kappa shape index (κ2) is 8.03. The van der Waals surface area contributed by atoms with Crippen molar-refractivity contribution in [1.82, 2.24) is 10.2 Å². The first kappa shape index (κ1) is 16.6. The molecule has 0 saturated heterocycles. The molecule has 0 spiro atoms. The van der Waals surface area contributed by atoms with Gasteiger partial charge in [-0.1, -0.05) is 6.92 Å². The molecule has 0 bridgehead atoms. The van der Waals surface area contributed by atoms with E-state index in [9.17, 15) is 4.79 Å². The van der Waals surface area contributed by atoms with Crippen molar-refractivity contribution in [3.63, 3.8) is 0 Å². The first-order chi connectivity index (χ1) is 10.7. The summed E-state index contributed by atoms with van der Waals surface area (Å²) in [5.74, 6) is 1.73. The summed E-state index contributed by atoms with van der Waals surface area (Å²) in [6.45, 7) is 3.93. The summed E-state index contributed by atoms with van der Waals surface area (Å²) in [6, 6.07) is 6.29. The first-order valence-corrected chi connectivity index (χ1v) is 7.89. The second-order valence-corrected chi connectivity index (χ2v) is 5.66. The van der Waals surface area contributed by atoms with Crippen LogP contribution in [-0.2, 0) is 11.3 Å². The standard InChI is InChI=1S/C17H26N2O3/c1-4-9-18-17(20)12-19(14-5-6-14)11-13-10-15(21-2)7-8-16(13)22-3/h7-8,10,14H,4-6,9,11-12H2,1-3H3,(H,18,20). The van der Waals surface area contributed by atoms with E-state index in [4.69, 9.17) is 9.47 Å². The predicted octanol–water partition coefficient (Wildman–Crippen LogP) is 2.19. The minimum absolute atomic E-state index is 0.0932. The summed E-state index contributed by atoms with van der Waals surface area (Å²) >= 11 is 0. The lowest BCUT2D eigenvalue weighted by atomic mass is 10.1. The highest BCUT2D eigenvalue weighted by Crippen LogP contribution is 2.31. The molecule has 5 heteroatoms. The molecule has 1 aromatic rings. The highest BCUT2D eigenvalue weighted by Gasteiger charge is 2.30. The molecule has 0 atom stereocenters. The van der Waals surface area contributed by atoms with Crippen molar-refractivity contribution in [3.8, 4) is 11.5 Å². The van der Waals surface area contributed by atoms with Gasteiger partial charge in [0.05, 0.1) is 20.8 Å². The third kappa shape index (κ3) is 4.63. The molecule has 0 heterocycles. The molecule has 1 amide bonds. The van der Waals surface area contributed by atoms with Crippen molar-refractivity contribution in [1.29, 1.82) is 0 Å². The zero-order valence-corrected chi connectivity index (χ0v) is 13.7. The van der Waals surface area contributed by atoms with Crippen LogP contribution in [0.15, 0.2) is 18.2 Å². The Kier molecular flexibility index (Phi) is 6.07. The molecule has 1 aliphatic carbocycles. The number of ether oxygens (including phenoxy) is 2. The number of hydrogen-bond donors (Lipinski definition) is 1. The van der Waals surface area contributed by atoms with Crippen LogP contribution in [0.3, 0.4) is 0 Å². The van der Waals surface area contributed by atoms with Gasteiger partial charge in [-0.3, -0.25) is 9.69 Å². The van der Waals surface area contributed by atoms with Gasteiger partial charge in [-0.15, -0.1) is 0 Å².